The van der Waals surface area contributed by atoms with E-state index in [0.717, 1.165) is 43.4 Å². The van der Waals surface area contributed by atoms with Crippen molar-refractivity contribution in [3.63, 3.8) is 0 Å². The Hall–Kier alpha value is -3.01. The molecule has 160 valence electrons. The van der Waals surface area contributed by atoms with Crippen molar-refractivity contribution in [2.45, 2.75) is 22.8 Å². The maximum Gasteiger partial charge on any atom is 0.238 e. The molecule has 0 amide bonds. The standard InChI is InChI=1S/C23H20N6OS2/c1-15-12-30-11-10-28(15)22-21-20(19(13-31-21)32-16-6-8-24-9-7-16)26-23(27-22)29-14-25-17-4-2-3-5-18(17)29/h2-9,13-15H,10-12H2,1H3/t15-/m1/s1. The number of pyridine rings is 1. The van der Waals surface area contributed by atoms with Gasteiger partial charge in [-0.3, -0.25) is 9.55 Å². The topological polar surface area (TPSA) is 69.0 Å². The second kappa shape index (κ2) is 8.16. The summed E-state index contributed by atoms with van der Waals surface area (Å²) in [5, 5.41) is 2.18. The lowest BCUT2D eigenvalue weighted by atomic mass is 10.2. The van der Waals surface area contributed by atoms with Gasteiger partial charge in [0.2, 0.25) is 5.95 Å². The van der Waals surface area contributed by atoms with Crippen molar-refractivity contribution in [1.82, 2.24) is 24.5 Å². The molecule has 0 unspecified atom stereocenters. The van der Waals surface area contributed by atoms with E-state index in [9.17, 15) is 0 Å². The van der Waals surface area contributed by atoms with E-state index in [4.69, 9.17) is 14.7 Å². The number of rotatable bonds is 4. The molecule has 0 radical (unpaired) electrons. The molecule has 1 saturated heterocycles. The Balaban J connectivity index is 1.55. The number of morpholine rings is 1. The van der Waals surface area contributed by atoms with Crippen molar-refractivity contribution in [1.29, 1.82) is 0 Å². The van der Waals surface area contributed by atoms with Gasteiger partial charge in [0.25, 0.3) is 0 Å². The number of anilines is 1. The highest BCUT2D eigenvalue weighted by Crippen LogP contribution is 2.41. The lowest BCUT2D eigenvalue weighted by molar-refractivity contribution is 0.0987. The molecule has 1 atom stereocenters. The Bertz CT molecular complexity index is 1400. The van der Waals surface area contributed by atoms with Gasteiger partial charge in [0, 0.05) is 34.1 Å². The van der Waals surface area contributed by atoms with Crippen LogP contribution >= 0.6 is 23.1 Å². The molecular formula is C23H20N6OS2. The highest BCUT2D eigenvalue weighted by molar-refractivity contribution is 7.99. The highest BCUT2D eigenvalue weighted by Gasteiger charge is 2.25. The monoisotopic (exact) mass is 460 g/mol. The van der Waals surface area contributed by atoms with Crippen LogP contribution in [0.3, 0.4) is 0 Å². The Labute approximate surface area is 193 Å². The first kappa shape index (κ1) is 19.7. The van der Waals surface area contributed by atoms with Gasteiger partial charge in [-0.25, -0.2) is 9.97 Å². The summed E-state index contributed by atoms with van der Waals surface area (Å²) in [6.07, 6.45) is 5.44. The van der Waals surface area contributed by atoms with Crippen LogP contribution in [0.15, 0.2) is 70.3 Å². The summed E-state index contributed by atoms with van der Waals surface area (Å²) < 4.78 is 8.76. The van der Waals surface area contributed by atoms with Crippen LogP contribution in [0.4, 0.5) is 5.82 Å². The predicted molar refractivity (Wildman–Crippen MR) is 128 cm³/mol. The molecule has 1 aliphatic heterocycles. The van der Waals surface area contributed by atoms with Crippen molar-refractivity contribution < 1.29 is 4.74 Å². The maximum absolute atomic E-state index is 5.68. The summed E-state index contributed by atoms with van der Waals surface area (Å²) in [5.41, 5.74) is 2.88. The zero-order valence-electron chi connectivity index (χ0n) is 17.4. The van der Waals surface area contributed by atoms with Crippen LogP contribution in [-0.2, 0) is 4.74 Å². The fourth-order valence-electron chi connectivity index (χ4n) is 3.94. The van der Waals surface area contributed by atoms with Gasteiger partial charge in [-0.05, 0) is 31.2 Å². The molecule has 0 spiro atoms. The van der Waals surface area contributed by atoms with E-state index in [1.807, 2.05) is 53.4 Å². The minimum Gasteiger partial charge on any atom is -0.377 e. The molecule has 4 aromatic heterocycles. The quantitative estimate of drug-likeness (QED) is 0.381. The third kappa shape index (κ3) is 3.42. The number of nitrogens with zero attached hydrogens (tertiary/aromatic N) is 6. The van der Waals surface area contributed by atoms with Crippen LogP contribution in [0, 0.1) is 0 Å². The van der Waals surface area contributed by atoms with Gasteiger partial charge in [0.1, 0.15) is 11.8 Å². The smallest absolute Gasteiger partial charge is 0.238 e. The lowest BCUT2D eigenvalue weighted by Crippen LogP contribution is -2.44. The Morgan fingerprint density at radius 2 is 2.00 bits per heavy atom. The van der Waals surface area contributed by atoms with E-state index in [1.54, 1.807) is 29.4 Å². The van der Waals surface area contributed by atoms with Gasteiger partial charge in [-0.1, -0.05) is 23.9 Å². The molecule has 7 nitrogen and oxygen atoms in total. The molecule has 6 rings (SSSR count). The van der Waals surface area contributed by atoms with Crippen molar-refractivity contribution >= 4 is 50.2 Å². The molecule has 0 saturated carbocycles. The van der Waals surface area contributed by atoms with E-state index < -0.39 is 0 Å². The summed E-state index contributed by atoms with van der Waals surface area (Å²) in [6.45, 7) is 4.38. The fraction of sp³-hybridized carbons (Fsp3) is 0.217. The van der Waals surface area contributed by atoms with Crippen LogP contribution < -0.4 is 4.90 Å². The van der Waals surface area contributed by atoms with Crippen LogP contribution in [0.25, 0.3) is 27.2 Å². The van der Waals surface area contributed by atoms with Crippen LogP contribution in [0.5, 0.6) is 0 Å². The molecule has 0 bridgehead atoms. The van der Waals surface area contributed by atoms with Crippen LogP contribution in [0.1, 0.15) is 6.92 Å². The molecule has 0 aliphatic carbocycles. The third-order valence-corrected chi connectivity index (χ3v) is 7.69. The number of ether oxygens (including phenoxy) is 1. The minimum absolute atomic E-state index is 0.243. The highest BCUT2D eigenvalue weighted by atomic mass is 32.2. The Morgan fingerprint density at radius 3 is 2.88 bits per heavy atom. The first-order chi connectivity index (χ1) is 15.8. The SMILES string of the molecule is C[C@@H]1COCCN1c1nc(-n2cnc3ccccc32)nc2c(Sc3ccncc3)csc12. The van der Waals surface area contributed by atoms with Crippen molar-refractivity contribution in [3.8, 4) is 5.95 Å². The van der Waals surface area contributed by atoms with Gasteiger partial charge in [0.15, 0.2) is 5.82 Å². The van der Waals surface area contributed by atoms with Crippen molar-refractivity contribution in [2.24, 2.45) is 0 Å². The second-order valence-electron chi connectivity index (χ2n) is 7.63. The second-order valence-corrected chi connectivity index (χ2v) is 9.63. The normalized spacial score (nSPS) is 16.8. The van der Waals surface area contributed by atoms with Crippen LogP contribution in [0.2, 0.25) is 0 Å². The molecule has 5 aromatic rings. The maximum atomic E-state index is 5.68. The van der Waals surface area contributed by atoms with E-state index >= 15 is 0 Å². The molecule has 32 heavy (non-hydrogen) atoms. The molecule has 1 aliphatic rings. The molecule has 1 fully saturated rings. The largest absolute Gasteiger partial charge is 0.377 e. The number of aromatic nitrogens is 5. The first-order valence-corrected chi connectivity index (χ1v) is 12.1. The number of hydrogen-bond donors (Lipinski definition) is 0. The first-order valence-electron chi connectivity index (χ1n) is 10.4. The van der Waals surface area contributed by atoms with Gasteiger partial charge in [-0.15, -0.1) is 11.3 Å². The minimum atomic E-state index is 0.243. The number of para-hydroxylation sites is 2. The van der Waals surface area contributed by atoms with E-state index in [-0.39, 0.29) is 6.04 Å². The fourth-order valence-corrected chi connectivity index (χ4v) is 5.97. The third-order valence-electron chi connectivity index (χ3n) is 5.54. The zero-order chi connectivity index (χ0) is 21.5. The summed E-state index contributed by atoms with van der Waals surface area (Å²) in [7, 11) is 0. The van der Waals surface area contributed by atoms with Gasteiger partial charge >= 0.3 is 0 Å². The van der Waals surface area contributed by atoms with Crippen molar-refractivity contribution in [2.75, 3.05) is 24.7 Å². The summed E-state index contributed by atoms with van der Waals surface area (Å²) in [4.78, 5) is 23.4. The average Bonchev–Trinajstić information content (AvgIpc) is 3.44. The average molecular weight is 461 g/mol. The number of fused-ring (bicyclic) bond motifs is 2. The van der Waals surface area contributed by atoms with Crippen molar-refractivity contribution in [3.05, 3.63) is 60.5 Å². The lowest BCUT2D eigenvalue weighted by Gasteiger charge is -2.34. The summed E-state index contributed by atoms with van der Waals surface area (Å²) in [6, 6.07) is 12.3. The number of benzene rings is 1. The molecule has 9 heteroatoms. The van der Waals surface area contributed by atoms with Gasteiger partial charge < -0.3 is 9.64 Å². The van der Waals surface area contributed by atoms with E-state index in [0.29, 0.717) is 19.2 Å². The van der Waals surface area contributed by atoms with Gasteiger partial charge in [0.05, 0.1) is 35.0 Å². The van der Waals surface area contributed by atoms with Gasteiger partial charge in [-0.2, -0.15) is 4.98 Å². The van der Waals surface area contributed by atoms with E-state index in [2.05, 4.69) is 27.2 Å². The molecule has 5 heterocycles. The predicted octanol–water partition coefficient (Wildman–Crippen LogP) is 4.80. The zero-order valence-corrected chi connectivity index (χ0v) is 19.0. The summed E-state index contributed by atoms with van der Waals surface area (Å²) >= 11 is 3.40. The Kier molecular flexibility index (Phi) is 5.01. The Morgan fingerprint density at radius 1 is 1.12 bits per heavy atom. The molecule has 0 N–H and O–H groups in total. The van der Waals surface area contributed by atoms with Crippen LogP contribution in [-0.4, -0.2) is 50.3 Å². The summed E-state index contributed by atoms with van der Waals surface area (Å²) in [5.74, 6) is 1.60. The number of imidazole rings is 1. The molecule has 1 aromatic carbocycles. The number of thiophene rings is 1. The molecular weight excluding hydrogens is 440 g/mol. The van der Waals surface area contributed by atoms with E-state index in [1.165, 1.54) is 0 Å². The number of hydrogen-bond acceptors (Lipinski definition) is 8.